The Labute approximate surface area is 158 Å². The Morgan fingerprint density at radius 1 is 1.26 bits per heavy atom. The first kappa shape index (κ1) is 18.0. The standard InChI is InChI=1S/C18H22N4O4S/c23-18(14-5-6-17-20-27(24,25)11-9-22(17)13-14)19-12-15(16-4-3-10-26-16)21-7-1-2-8-21/h3-6,10,13,15H,1-2,7-9,11-12H2,(H,19,23)/t15-/m1/s1. The fourth-order valence-electron chi connectivity index (χ4n) is 3.57. The molecule has 1 atom stereocenters. The third kappa shape index (κ3) is 3.98. The highest BCUT2D eigenvalue weighted by atomic mass is 32.2. The Balaban J connectivity index is 1.43. The minimum Gasteiger partial charge on any atom is -0.468 e. The maximum Gasteiger partial charge on any atom is 0.256 e. The molecule has 0 radical (unpaired) electrons. The summed E-state index contributed by atoms with van der Waals surface area (Å²) in [7, 11) is -3.40. The Kier molecular flexibility index (Phi) is 4.88. The number of hydrogen-bond donors (Lipinski definition) is 1. The van der Waals surface area contributed by atoms with Gasteiger partial charge in [-0.2, -0.15) is 0 Å². The number of carbonyl (C=O) groups excluding carboxylic acids is 1. The molecule has 4 rings (SSSR count). The number of carbonyl (C=O) groups is 1. The molecule has 144 valence electrons. The average molecular weight is 390 g/mol. The number of amides is 1. The highest BCUT2D eigenvalue weighted by molar-refractivity contribution is 7.90. The third-order valence-corrected chi connectivity index (χ3v) is 6.16. The number of amidine groups is 1. The van der Waals surface area contributed by atoms with Crippen LogP contribution in [0, 0.1) is 0 Å². The second-order valence-electron chi connectivity index (χ2n) is 6.83. The number of hydrogen-bond acceptors (Lipinski definition) is 6. The van der Waals surface area contributed by atoms with Crippen molar-refractivity contribution < 1.29 is 17.6 Å². The van der Waals surface area contributed by atoms with Crippen molar-refractivity contribution in [3.8, 4) is 0 Å². The van der Waals surface area contributed by atoms with Gasteiger partial charge in [-0.1, -0.05) is 0 Å². The molecule has 1 aromatic rings. The molecule has 0 aliphatic carbocycles. The number of sulfonamides is 1. The van der Waals surface area contributed by atoms with Crippen LogP contribution in [0.25, 0.3) is 0 Å². The van der Waals surface area contributed by atoms with Gasteiger partial charge in [0.05, 0.1) is 23.6 Å². The Morgan fingerprint density at radius 2 is 2.07 bits per heavy atom. The number of fused-ring (bicyclic) bond motifs is 1. The Hall–Kier alpha value is -2.39. The lowest BCUT2D eigenvalue weighted by molar-refractivity contribution is -0.117. The molecule has 3 aliphatic rings. The largest absolute Gasteiger partial charge is 0.468 e. The van der Waals surface area contributed by atoms with Crippen molar-refractivity contribution >= 4 is 21.8 Å². The molecule has 0 saturated carbocycles. The SMILES string of the molecule is O=C(NC[C@H](c1ccco1)N1CCCC1)C1=CN2CCS(=O)(=O)N=C2C=C1. The Bertz CT molecular complexity index is 896. The fraction of sp³-hybridized carbons (Fsp3) is 0.444. The van der Waals surface area contributed by atoms with Crippen LogP contribution in [0.2, 0.25) is 0 Å². The average Bonchev–Trinajstić information content (AvgIpc) is 3.35. The number of nitrogens with one attached hydrogen (secondary N) is 1. The van der Waals surface area contributed by atoms with Crippen LogP contribution in [-0.4, -0.2) is 61.9 Å². The van der Waals surface area contributed by atoms with Crippen molar-refractivity contribution in [1.29, 1.82) is 0 Å². The highest BCUT2D eigenvalue weighted by Crippen LogP contribution is 2.25. The highest BCUT2D eigenvalue weighted by Gasteiger charge is 2.28. The van der Waals surface area contributed by atoms with Crippen molar-refractivity contribution in [1.82, 2.24) is 15.1 Å². The van der Waals surface area contributed by atoms with E-state index in [1.807, 2.05) is 12.1 Å². The van der Waals surface area contributed by atoms with E-state index in [-0.39, 0.29) is 17.7 Å². The minimum absolute atomic E-state index is 0.0110. The summed E-state index contributed by atoms with van der Waals surface area (Å²) in [4.78, 5) is 16.6. The van der Waals surface area contributed by atoms with Crippen molar-refractivity contribution in [3.05, 3.63) is 48.1 Å². The zero-order valence-corrected chi connectivity index (χ0v) is 15.7. The van der Waals surface area contributed by atoms with E-state index < -0.39 is 10.0 Å². The van der Waals surface area contributed by atoms with Gasteiger partial charge in [0.2, 0.25) is 0 Å². The zero-order chi connectivity index (χ0) is 18.9. The van der Waals surface area contributed by atoms with E-state index in [4.69, 9.17) is 4.42 Å². The molecule has 27 heavy (non-hydrogen) atoms. The van der Waals surface area contributed by atoms with Crippen molar-refractivity contribution in [2.24, 2.45) is 4.40 Å². The summed E-state index contributed by atoms with van der Waals surface area (Å²) in [6.45, 7) is 2.73. The Morgan fingerprint density at radius 3 is 2.81 bits per heavy atom. The molecule has 1 N–H and O–H groups in total. The molecular formula is C18H22N4O4S. The van der Waals surface area contributed by atoms with Crippen LogP contribution in [0.15, 0.2) is 51.1 Å². The first-order valence-electron chi connectivity index (χ1n) is 9.07. The van der Waals surface area contributed by atoms with Gasteiger partial charge in [0.25, 0.3) is 15.9 Å². The predicted octanol–water partition coefficient (Wildman–Crippen LogP) is 1.03. The summed E-state index contributed by atoms with van der Waals surface area (Å²) < 4.78 is 32.4. The van der Waals surface area contributed by atoms with Gasteiger partial charge in [-0.25, -0.2) is 8.42 Å². The monoisotopic (exact) mass is 390 g/mol. The summed E-state index contributed by atoms with van der Waals surface area (Å²) in [5.74, 6) is 0.949. The normalized spacial score (nSPS) is 22.7. The van der Waals surface area contributed by atoms with E-state index in [0.717, 1.165) is 31.7 Å². The molecule has 1 fully saturated rings. The molecule has 3 aliphatic heterocycles. The topological polar surface area (TPSA) is 95.2 Å². The van der Waals surface area contributed by atoms with E-state index in [0.29, 0.717) is 24.5 Å². The fourth-order valence-corrected chi connectivity index (χ4v) is 4.54. The molecule has 1 amide bonds. The summed E-state index contributed by atoms with van der Waals surface area (Å²) in [6, 6.07) is 3.81. The van der Waals surface area contributed by atoms with Gasteiger partial charge in [-0.15, -0.1) is 4.40 Å². The second kappa shape index (κ2) is 7.32. The van der Waals surface area contributed by atoms with Crippen molar-refractivity contribution in [3.63, 3.8) is 0 Å². The number of nitrogens with zero attached hydrogens (tertiary/aromatic N) is 3. The summed E-state index contributed by atoms with van der Waals surface area (Å²) >= 11 is 0. The van der Waals surface area contributed by atoms with E-state index in [2.05, 4.69) is 14.6 Å². The van der Waals surface area contributed by atoms with E-state index in [1.165, 1.54) is 0 Å². The van der Waals surface area contributed by atoms with Crippen LogP contribution in [0.5, 0.6) is 0 Å². The number of furan rings is 1. The zero-order valence-electron chi connectivity index (χ0n) is 14.9. The van der Waals surface area contributed by atoms with Crippen LogP contribution in [0.4, 0.5) is 0 Å². The molecule has 0 aromatic carbocycles. The molecule has 1 saturated heterocycles. The van der Waals surface area contributed by atoms with Gasteiger partial charge in [0.1, 0.15) is 11.6 Å². The summed E-state index contributed by atoms with van der Waals surface area (Å²) in [6.07, 6.45) is 8.77. The van der Waals surface area contributed by atoms with Crippen LogP contribution in [-0.2, 0) is 14.8 Å². The quantitative estimate of drug-likeness (QED) is 0.807. The maximum atomic E-state index is 12.6. The maximum absolute atomic E-state index is 12.6. The van der Waals surface area contributed by atoms with Crippen LogP contribution < -0.4 is 5.32 Å². The molecular weight excluding hydrogens is 368 g/mol. The lowest BCUT2D eigenvalue weighted by Crippen LogP contribution is -2.40. The van der Waals surface area contributed by atoms with Crippen LogP contribution >= 0.6 is 0 Å². The molecule has 0 spiro atoms. The first-order chi connectivity index (χ1) is 13.0. The lowest BCUT2D eigenvalue weighted by atomic mass is 10.1. The molecule has 8 nitrogen and oxygen atoms in total. The first-order valence-corrected chi connectivity index (χ1v) is 10.7. The van der Waals surface area contributed by atoms with Gasteiger partial charge in [-0.05, 0) is 50.2 Å². The second-order valence-corrected chi connectivity index (χ2v) is 8.59. The van der Waals surface area contributed by atoms with E-state index in [9.17, 15) is 13.2 Å². The van der Waals surface area contributed by atoms with Gasteiger partial charge >= 0.3 is 0 Å². The molecule has 4 heterocycles. The molecule has 0 unspecified atom stereocenters. The van der Waals surface area contributed by atoms with E-state index in [1.54, 1.807) is 29.5 Å². The van der Waals surface area contributed by atoms with Crippen molar-refractivity contribution in [2.75, 3.05) is 31.9 Å². The van der Waals surface area contributed by atoms with E-state index >= 15 is 0 Å². The van der Waals surface area contributed by atoms with Gasteiger partial charge < -0.3 is 14.6 Å². The van der Waals surface area contributed by atoms with Gasteiger partial charge in [0.15, 0.2) is 0 Å². The third-order valence-electron chi connectivity index (χ3n) is 5.00. The molecule has 9 heteroatoms. The van der Waals surface area contributed by atoms with Crippen LogP contribution in [0.1, 0.15) is 24.6 Å². The van der Waals surface area contributed by atoms with Gasteiger partial charge in [0, 0.05) is 19.3 Å². The number of likely N-dealkylation sites (tertiary alicyclic amines) is 1. The summed E-state index contributed by atoms with van der Waals surface area (Å²) in [5.41, 5.74) is 0.480. The molecule has 1 aromatic heterocycles. The molecule has 0 bridgehead atoms. The minimum atomic E-state index is -3.40. The summed E-state index contributed by atoms with van der Waals surface area (Å²) in [5, 5.41) is 2.98. The van der Waals surface area contributed by atoms with Gasteiger partial charge in [-0.3, -0.25) is 9.69 Å². The smallest absolute Gasteiger partial charge is 0.256 e. The van der Waals surface area contributed by atoms with Crippen molar-refractivity contribution in [2.45, 2.75) is 18.9 Å². The van der Waals surface area contributed by atoms with Crippen LogP contribution in [0.3, 0.4) is 0 Å². The lowest BCUT2D eigenvalue weighted by Gasteiger charge is -2.28. The number of rotatable bonds is 5. The predicted molar refractivity (Wildman–Crippen MR) is 100 cm³/mol.